The maximum absolute atomic E-state index is 6.80. The van der Waals surface area contributed by atoms with Gasteiger partial charge in [0.15, 0.2) is 0 Å². The van der Waals surface area contributed by atoms with Crippen LogP contribution in [0.25, 0.3) is 71.8 Å². The van der Waals surface area contributed by atoms with Gasteiger partial charge in [-0.25, -0.2) is 4.98 Å². The van der Waals surface area contributed by atoms with E-state index >= 15 is 0 Å². The summed E-state index contributed by atoms with van der Waals surface area (Å²) in [5, 5.41) is 4.37. The van der Waals surface area contributed by atoms with Gasteiger partial charge in [-0.3, -0.25) is 0 Å². The molecule has 1 aliphatic rings. The van der Waals surface area contributed by atoms with Crippen LogP contribution >= 0.6 is 0 Å². The monoisotopic (exact) mass is 1130 g/mol. The standard InChI is InChI=1S/C66H57N4O2.Pt/c1-64(2,3)46-30-31-67-63(38-46)70-57-27-22-43(44-24-29-62-56(33-44)54-20-13-14-21-61(54)72-62)32-55(57)53-26-25-52(40-59(53)70)71-51-19-15-18-49(39-51)68-41-69(50-36-47(65(4,5)6)35-48(37-50)66(7,8)9)58-28-23-45(34-60(58)68)42-16-11-10-12-17-42;/h10-38,41H,1-9H3;/q-3;. The number of furan rings is 1. The van der Waals surface area contributed by atoms with Crippen LogP contribution < -0.4 is 14.5 Å². The first kappa shape index (κ1) is 47.9. The third kappa shape index (κ3) is 8.80. The molecule has 7 heteroatoms. The number of aromatic nitrogens is 2. The molecule has 0 bridgehead atoms. The molecule has 0 unspecified atom stereocenters. The molecule has 0 atom stereocenters. The van der Waals surface area contributed by atoms with Crippen molar-refractivity contribution in [3.8, 4) is 39.6 Å². The van der Waals surface area contributed by atoms with E-state index < -0.39 is 0 Å². The molecule has 3 aromatic heterocycles. The zero-order valence-corrected chi connectivity index (χ0v) is 45.0. The van der Waals surface area contributed by atoms with Crippen LogP contribution in [-0.2, 0) is 37.3 Å². The number of ether oxygens (including phenoxy) is 1. The molecule has 6 nitrogen and oxygen atoms in total. The molecule has 0 spiro atoms. The van der Waals surface area contributed by atoms with Crippen molar-refractivity contribution >= 4 is 66.5 Å². The Hall–Kier alpha value is -7.40. The van der Waals surface area contributed by atoms with Gasteiger partial charge in [-0.05, 0) is 121 Å². The molecule has 0 saturated carbocycles. The molecule has 11 aromatic rings. The van der Waals surface area contributed by atoms with Crippen LogP contribution in [0.2, 0.25) is 0 Å². The van der Waals surface area contributed by atoms with Gasteiger partial charge in [0.2, 0.25) is 0 Å². The van der Waals surface area contributed by atoms with E-state index in [0.29, 0.717) is 11.5 Å². The van der Waals surface area contributed by atoms with Crippen molar-refractivity contribution in [1.82, 2.24) is 9.55 Å². The fourth-order valence-electron chi connectivity index (χ4n) is 10.1. The Morgan fingerprint density at radius 1 is 0.479 bits per heavy atom. The molecule has 0 N–H and O–H groups in total. The number of benzene rings is 8. The van der Waals surface area contributed by atoms with Crippen LogP contribution in [0.3, 0.4) is 0 Å². The minimum absolute atomic E-state index is 0. The maximum Gasteiger partial charge on any atom is 0.135 e. The van der Waals surface area contributed by atoms with Gasteiger partial charge in [0.25, 0.3) is 0 Å². The van der Waals surface area contributed by atoms with Gasteiger partial charge in [0, 0.05) is 72.1 Å². The minimum atomic E-state index is -0.0718. The molecule has 73 heavy (non-hydrogen) atoms. The second-order valence-corrected chi connectivity index (χ2v) is 22.3. The zero-order chi connectivity index (χ0) is 49.7. The van der Waals surface area contributed by atoms with Crippen LogP contribution in [0.15, 0.2) is 180 Å². The summed E-state index contributed by atoms with van der Waals surface area (Å²) in [6, 6.07) is 67.8. The number of hydrogen-bond acceptors (Lipinski definition) is 5. The van der Waals surface area contributed by atoms with Gasteiger partial charge in [0.05, 0.1) is 0 Å². The summed E-state index contributed by atoms with van der Waals surface area (Å²) in [4.78, 5) is 9.54. The van der Waals surface area contributed by atoms with Gasteiger partial charge in [-0.1, -0.05) is 147 Å². The van der Waals surface area contributed by atoms with Crippen LogP contribution in [0.1, 0.15) is 79.0 Å². The predicted octanol–water partition coefficient (Wildman–Crippen LogP) is 18.1. The minimum Gasteiger partial charge on any atom is -0.509 e. The topological polar surface area (TPSA) is 46.7 Å². The van der Waals surface area contributed by atoms with E-state index in [0.717, 1.165) is 94.6 Å². The fourth-order valence-corrected chi connectivity index (χ4v) is 10.1. The Balaban J connectivity index is 0.00000574. The van der Waals surface area contributed by atoms with Crippen molar-refractivity contribution in [3.05, 3.63) is 212 Å². The van der Waals surface area contributed by atoms with Gasteiger partial charge in [-0.2, -0.15) is 12.1 Å². The van der Waals surface area contributed by atoms with Gasteiger partial charge in [-0.15, -0.1) is 48.1 Å². The first-order valence-corrected chi connectivity index (χ1v) is 24.9. The van der Waals surface area contributed by atoms with Crippen molar-refractivity contribution in [2.45, 2.75) is 78.6 Å². The molecule has 8 aromatic carbocycles. The Labute approximate surface area is 443 Å². The first-order chi connectivity index (χ1) is 34.5. The maximum atomic E-state index is 6.80. The Bertz CT molecular complexity index is 3870. The number of anilines is 4. The van der Waals surface area contributed by atoms with E-state index in [4.69, 9.17) is 14.1 Å². The SMILES string of the molecule is CC(C)(C)c1cc(N2[CH-]N(c3[c-]c(Oc4[c-]c5c(cc4)c4cc(-c6ccc7oc8ccccc8c7c6)ccc4n5-c4cc(C(C)(C)C)ccn4)ccc3)c3cc(-c4ccccc4)ccc32)cc(C(C)(C)C)c1.[Pt]. The summed E-state index contributed by atoms with van der Waals surface area (Å²) in [6.07, 6.45) is 1.91. The summed E-state index contributed by atoms with van der Waals surface area (Å²) >= 11 is 0. The smallest absolute Gasteiger partial charge is 0.135 e. The number of rotatable bonds is 7. The second kappa shape index (κ2) is 18.0. The van der Waals surface area contributed by atoms with E-state index in [1.54, 1.807) is 0 Å². The van der Waals surface area contributed by atoms with Gasteiger partial charge in [0.1, 0.15) is 17.0 Å². The van der Waals surface area contributed by atoms with E-state index in [-0.39, 0.29) is 37.3 Å². The van der Waals surface area contributed by atoms with Crippen LogP contribution in [0.5, 0.6) is 11.5 Å². The quantitative estimate of drug-likeness (QED) is 0.149. The Morgan fingerprint density at radius 3 is 1.89 bits per heavy atom. The molecule has 12 rings (SSSR count). The summed E-state index contributed by atoms with van der Waals surface area (Å²) in [5.74, 6) is 1.99. The summed E-state index contributed by atoms with van der Waals surface area (Å²) in [6.45, 7) is 22.6. The van der Waals surface area contributed by atoms with Crippen molar-refractivity contribution in [2.75, 3.05) is 9.80 Å². The van der Waals surface area contributed by atoms with Gasteiger partial charge >= 0.3 is 0 Å². The average molecular weight is 1130 g/mol. The summed E-state index contributed by atoms with van der Waals surface area (Å²) in [5.41, 5.74) is 16.0. The van der Waals surface area contributed by atoms with Crippen molar-refractivity contribution < 1.29 is 30.2 Å². The summed E-state index contributed by atoms with van der Waals surface area (Å²) < 4.78 is 15.2. The van der Waals surface area contributed by atoms with Crippen molar-refractivity contribution in [1.29, 1.82) is 0 Å². The van der Waals surface area contributed by atoms with Crippen molar-refractivity contribution in [3.63, 3.8) is 0 Å². The third-order valence-electron chi connectivity index (χ3n) is 14.2. The normalized spacial score (nSPS) is 13.1. The van der Waals surface area contributed by atoms with E-state index in [1.807, 2.05) is 36.5 Å². The van der Waals surface area contributed by atoms with Crippen LogP contribution in [-0.4, -0.2) is 9.55 Å². The average Bonchev–Trinajstić information content (AvgIpc) is 4.05. The molecule has 4 heterocycles. The Morgan fingerprint density at radius 2 is 1.14 bits per heavy atom. The van der Waals surface area contributed by atoms with Crippen LogP contribution in [0, 0.1) is 18.8 Å². The van der Waals surface area contributed by atoms with E-state index in [1.165, 1.54) is 16.7 Å². The molecule has 0 saturated heterocycles. The second-order valence-electron chi connectivity index (χ2n) is 22.3. The Kier molecular flexibility index (Phi) is 11.8. The number of nitrogens with zero attached hydrogens (tertiary/aromatic N) is 4. The van der Waals surface area contributed by atoms with Crippen molar-refractivity contribution in [2.24, 2.45) is 0 Å². The van der Waals surface area contributed by atoms with E-state index in [2.05, 4.69) is 235 Å². The zero-order valence-electron chi connectivity index (χ0n) is 42.7. The molecule has 0 radical (unpaired) electrons. The number of fused-ring (bicyclic) bond motifs is 7. The predicted molar refractivity (Wildman–Crippen MR) is 298 cm³/mol. The summed E-state index contributed by atoms with van der Waals surface area (Å²) in [7, 11) is 0. The molecular formula is C66H57N4O2Pt-3. The molecule has 1 aliphatic heterocycles. The molecule has 0 fully saturated rings. The number of para-hydroxylation sites is 1. The first-order valence-electron chi connectivity index (χ1n) is 24.9. The largest absolute Gasteiger partial charge is 0.509 e. The third-order valence-corrected chi connectivity index (χ3v) is 14.2. The number of pyridine rings is 1. The molecule has 0 aliphatic carbocycles. The molecule has 0 amide bonds. The molecular weight excluding hydrogens is 1080 g/mol. The molecule has 366 valence electrons. The van der Waals surface area contributed by atoms with Crippen LogP contribution in [0.4, 0.5) is 22.7 Å². The van der Waals surface area contributed by atoms with Gasteiger partial charge < -0.3 is 23.5 Å². The number of hydrogen-bond donors (Lipinski definition) is 0. The fraction of sp³-hybridized carbons (Fsp3) is 0.182. The van der Waals surface area contributed by atoms with E-state index in [9.17, 15) is 0 Å².